The largest absolute Gasteiger partial charge is 0.478 e. The smallest absolute Gasteiger partial charge is 0.184 e. The number of hydrogen-bond donors (Lipinski definition) is 3. The molecule has 0 amide bonds. The SMILES string of the molecule is C=C(N)NC(=C)OC[C@@H](Cc1ccccc1)NC. The van der Waals surface area contributed by atoms with Crippen molar-refractivity contribution in [1.29, 1.82) is 0 Å². The van der Waals surface area contributed by atoms with Gasteiger partial charge in [0.25, 0.3) is 0 Å². The van der Waals surface area contributed by atoms with Crippen molar-refractivity contribution in [3.05, 3.63) is 60.8 Å². The summed E-state index contributed by atoms with van der Waals surface area (Å²) >= 11 is 0. The van der Waals surface area contributed by atoms with Crippen LogP contribution in [0.4, 0.5) is 0 Å². The minimum absolute atomic E-state index is 0.219. The average Bonchev–Trinajstić information content (AvgIpc) is 2.35. The van der Waals surface area contributed by atoms with Gasteiger partial charge < -0.3 is 21.1 Å². The molecule has 0 aromatic heterocycles. The molecule has 0 bridgehead atoms. The number of nitrogens with two attached hydrogens (primary N) is 1. The van der Waals surface area contributed by atoms with E-state index in [0.717, 1.165) is 6.42 Å². The fourth-order valence-corrected chi connectivity index (χ4v) is 1.56. The minimum atomic E-state index is 0.219. The Hall–Kier alpha value is -1.94. The maximum absolute atomic E-state index is 5.47. The zero-order valence-corrected chi connectivity index (χ0v) is 10.8. The number of nitrogens with one attached hydrogen (secondary N) is 2. The first-order valence-electron chi connectivity index (χ1n) is 5.86. The lowest BCUT2D eigenvalue weighted by Gasteiger charge is -2.18. The maximum atomic E-state index is 5.47. The van der Waals surface area contributed by atoms with Crippen LogP contribution in [0.1, 0.15) is 5.56 Å². The summed E-state index contributed by atoms with van der Waals surface area (Å²) in [6.45, 7) is 7.74. The zero-order valence-electron chi connectivity index (χ0n) is 10.8. The lowest BCUT2D eigenvalue weighted by atomic mass is 10.1. The van der Waals surface area contributed by atoms with Crippen LogP contribution < -0.4 is 16.4 Å². The van der Waals surface area contributed by atoms with Crippen molar-refractivity contribution in [3.63, 3.8) is 0 Å². The molecule has 0 aliphatic carbocycles. The second kappa shape index (κ2) is 7.40. The van der Waals surface area contributed by atoms with Gasteiger partial charge in [-0.2, -0.15) is 0 Å². The number of rotatable bonds is 8. The molecule has 1 aromatic carbocycles. The molecule has 0 saturated heterocycles. The molecule has 18 heavy (non-hydrogen) atoms. The van der Waals surface area contributed by atoms with Crippen LogP contribution in [0.5, 0.6) is 0 Å². The van der Waals surface area contributed by atoms with Gasteiger partial charge in [0.1, 0.15) is 6.61 Å². The Kier molecular flexibility index (Phi) is 5.80. The summed E-state index contributed by atoms with van der Waals surface area (Å²) in [4.78, 5) is 0. The van der Waals surface area contributed by atoms with E-state index in [2.05, 4.69) is 35.9 Å². The molecular formula is C14H21N3O. The summed E-state index contributed by atoms with van der Waals surface area (Å²) < 4.78 is 5.47. The third-order valence-corrected chi connectivity index (χ3v) is 2.49. The van der Waals surface area contributed by atoms with Crippen molar-refractivity contribution in [2.24, 2.45) is 5.73 Å². The molecule has 0 heterocycles. The molecule has 0 spiro atoms. The van der Waals surface area contributed by atoms with Crippen LogP contribution in [0.3, 0.4) is 0 Å². The first-order valence-corrected chi connectivity index (χ1v) is 5.86. The van der Waals surface area contributed by atoms with E-state index < -0.39 is 0 Å². The summed E-state index contributed by atoms with van der Waals surface area (Å²) in [6, 6.07) is 10.5. The molecule has 4 N–H and O–H groups in total. The summed E-state index contributed by atoms with van der Waals surface area (Å²) in [5, 5.41) is 5.94. The van der Waals surface area contributed by atoms with Crippen molar-refractivity contribution < 1.29 is 4.74 Å². The Labute approximate surface area is 109 Å². The molecule has 0 saturated carbocycles. The van der Waals surface area contributed by atoms with Gasteiger partial charge in [0.2, 0.25) is 0 Å². The van der Waals surface area contributed by atoms with Gasteiger partial charge in [0, 0.05) is 6.04 Å². The number of likely N-dealkylation sites (N-methyl/N-ethyl adjacent to an activating group) is 1. The summed E-state index contributed by atoms with van der Waals surface area (Å²) in [7, 11) is 1.91. The van der Waals surface area contributed by atoms with Gasteiger partial charge >= 0.3 is 0 Å². The van der Waals surface area contributed by atoms with Crippen molar-refractivity contribution >= 4 is 0 Å². The third kappa shape index (κ3) is 5.41. The van der Waals surface area contributed by atoms with Crippen LogP contribution in [0, 0.1) is 0 Å². The lowest BCUT2D eigenvalue weighted by molar-refractivity contribution is 0.169. The van der Waals surface area contributed by atoms with Gasteiger partial charge in [-0.25, -0.2) is 0 Å². The van der Waals surface area contributed by atoms with E-state index in [0.29, 0.717) is 18.3 Å². The predicted octanol–water partition coefficient (Wildman–Crippen LogP) is 1.32. The minimum Gasteiger partial charge on any atom is -0.478 e. The van der Waals surface area contributed by atoms with Gasteiger partial charge in [-0.05, 0) is 25.6 Å². The Balaban J connectivity index is 2.38. The third-order valence-electron chi connectivity index (χ3n) is 2.49. The van der Waals surface area contributed by atoms with E-state index in [4.69, 9.17) is 10.5 Å². The van der Waals surface area contributed by atoms with Gasteiger partial charge in [0.05, 0.1) is 5.82 Å². The Morgan fingerprint density at radius 2 is 2.00 bits per heavy atom. The Morgan fingerprint density at radius 1 is 1.33 bits per heavy atom. The molecule has 1 rings (SSSR count). The second-order valence-corrected chi connectivity index (χ2v) is 4.06. The highest BCUT2D eigenvalue weighted by molar-refractivity contribution is 5.15. The molecule has 0 unspecified atom stereocenters. The van der Waals surface area contributed by atoms with E-state index in [9.17, 15) is 0 Å². The van der Waals surface area contributed by atoms with Crippen molar-refractivity contribution in [2.75, 3.05) is 13.7 Å². The molecule has 1 atom stereocenters. The summed E-state index contributed by atoms with van der Waals surface area (Å²) in [5.41, 5.74) is 6.66. The molecule has 0 radical (unpaired) electrons. The van der Waals surface area contributed by atoms with Crippen LogP contribution >= 0.6 is 0 Å². The zero-order chi connectivity index (χ0) is 13.4. The van der Waals surface area contributed by atoms with E-state index >= 15 is 0 Å². The van der Waals surface area contributed by atoms with Crippen LogP contribution in [0.15, 0.2) is 55.2 Å². The molecule has 98 valence electrons. The first-order chi connectivity index (χ1) is 8.61. The van der Waals surface area contributed by atoms with Crippen LogP contribution in [0.2, 0.25) is 0 Å². The second-order valence-electron chi connectivity index (χ2n) is 4.06. The molecule has 0 aliphatic heterocycles. The standard InChI is InChI=1S/C14H21N3O/c1-11(15)17-12(2)18-10-14(16-3)9-13-7-5-4-6-8-13/h4-8,14,16-17H,1-2,9-10,15H2,3H3/t14-/m1/s1. The topological polar surface area (TPSA) is 59.3 Å². The van der Waals surface area contributed by atoms with Gasteiger partial charge in [-0.3, -0.25) is 0 Å². The first kappa shape index (κ1) is 14.1. The van der Waals surface area contributed by atoms with E-state index in [-0.39, 0.29) is 6.04 Å². The highest BCUT2D eigenvalue weighted by Crippen LogP contribution is 2.04. The highest BCUT2D eigenvalue weighted by atomic mass is 16.5. The van der Waals surface area contributed by atoms with Crippen LogP contribution in [-0.2, 0) is 11.2 Å². The van der Waals surface area contributed by atoms with Crippen molar-refractivity contribution in [3.8, 4) is 0 Å². The lowest BCUT2D eigenvalue weighted by Crippen LogP contribution is -2.33. The van der Waals surface area contributed by atoms with Crippen LogP contribution in [0.25, 0.3) is 0 Å². The predicted molar refractivity (Wildman–Crippen MR) is 74.5 cm³/mol. The number of ether oxygens (including phenoxy) is 1. The van der Waals surface area contributed by atoms with Gasteiger partial charge in [0.15, 0.2) is 5.88 Å². The molecule has 4 heteroatoms. The molecule has 4 nitrogen and oxygen atoms in total. The van der Waals surface area contributed by atoms with E-state index in [1.165, 1.54) is 5.56 Å². The molecule has 1 aromatic rings. The maximum Gasteiger partial charge on any atom is 0.184 e. The quantitative estimate of drug-likeness (QED) is 0.606. The summed E-state index contributed by atoms with van der Waals surface area (Å²) in [6.07, 6.45) is 0.897. The Bertz CT molecular complexity index is 389. The van der Waals surface area contributed by atoms with Gasteiger partial charge in [-0.15, -0.1) is 0 Å². The van der Waals surface area contributed by atoms with Gasteiger partial charge in [-0.1, -0.05) is 36.9 Å². The van der Waals surface area contributed by atoms with Crippen molar-refractivity contribution in [2.45, 2.75) is 12.5 Å². The Morgan fingerprint density at radius 3 is 2.56 bits per heavy atom. The monoisotopic (exact) mass is 247 g/mol. The highest BCUT2D eigenvalue weighted by Gasteiger charge is 2.08. The number of benzene rings is 1. The fourth-order valence-electron chi connectivity index (χ4n) is 1.56. The van der Waals surface area contributed by atoms with Crippen LogP contribution in [-0.4, -0.2) is 19.7 Å². The normalized spacial score (nSPS) is 11.6. The molecule has 0 aliphatic rings. The molecular weight excluding hydrogens is 226 g/mol. The number of hydrogen-bond acceptors (Lipinski definition) is 4. The molecule has 0 fully saturated rings. The fraction of sp³-hybridized carbons (Fsp3) is 0.286. The van der Waals surface area contributed by atoms with E-state index in [1.807, 2.05) is 25.2 Å². The average molecular weight is 247 g/mol. The van der Waals surface area contributed by atoms with Crippen molar-refractivity contribution in [1.82, 2.24) is 10.6 Å². The van der Waals surface area contributed by atoms with E-state index in [1.54, 1.807) is 0 Å². The summed E-state index contributed by atoms with van der Waals surface area (Å²) in [5.74, 6) is 0.736.